The maximum absolute atomic E-state index is 12.9. The Labute approximate surface area is 643 Å². The van der Waals surface area contributed by atoms with Gasteiger partial charge < -0.3 is 18.9 Å². The number of carbonyl (C=O) groups is 2. The summed E-state index contributed by atoms with van der Waals surface area (Å²) in [6, 6.07) is 0. The van der Waals surface area contributed by atoms with E-state index >= 15 is 0 Å². The molecule has 1 N–H and O–H groups in total. The Balaban J connectivity index is 3.93. The van der Waals surface area contributed by atoms with Crippen molar-refractivity contribution in [1.82, 2.24) is 0 Å². The minimum absolute atomic E-state index is 0.0289. The molecular weight excluding hydrogens is 1300 g/mol. The largest absolute Gasteiger partial charge is 0.472 e. The standard InChI is InChI=1S/C94H162NO8P/c1-6-8-10-12-14-16-18-20-22-24-26-28-30-32-34-36-38-40-42-44-46-47-49-51-53-55-57-59-61-63-65-67-69-71-73-75-77-79-81-83-85-87-94(97)103-92(91-102-104(98,99)101-89-88-95(3,4)5)90-100-93(96)86-84-82-80-78-76-74-72-70-68-66-64-62-60-58-56-54-52-50-48-45-43-41-39-37-35-33-31-29-27-25-23-21-19-17-15-13-11-9-7-2/h8-11,14-17,20-23,26-29,32-35,38,40,44,46,49,51,92H,6-7,12-13,18-19,24-25,30-31,36-37,39,41-43,45,47-48,50,52-91H2,1-5H3/p+1/b10-8-,11-9-,16-14-,17-15-,22-20-,23-21-,28-26-,29-27-,34-32-,35-33-,40-38-,46-44-,51-49-. The van der Waals surface area contributed by atoms with Gasteiger partial charge in [-0.15, -0.1) is 0 Å². The molecule has 0 aliphatic heterocycles. The van der Waals surface area contributed by atoms with Crippen molar-refractivity contribution in [2.24, 2.45) is 0 Å². The SMILES string of the molecule is CC/C=C\C/C=C\C/C=C\C/C=C\C/C=C\C/C=C\C/C=C\C/C=C\CCCCCCCCCCCCCCCCCCC(=O)OC(COC(=O)CCCCCCCCCCCCCCCCCCCCCCCCC/C=C\C/C=C\C/C=C\C/C=C\C/C=C\CC)COP(=O)(O)OCC[N+](C)(C)C. The lowest BCUT2D eigenvalue weighted by atomic mass is 10.0. The number of carbonyl (C=O) groups excluding carboxylic acids is 2. The molecule has 2 atom stereocenters. The first-order valence-corrected chi connectivity index (χ1v) is 44.7. The van der Waals surface area contributed by atoms with Crippen molar-refractivity contribution in [3.8, 4) is 0 Å². The number of nitrogens with zero attached hydrogens (tertiary/aromatic N) is 1. The minimum atomic E-state index is -4.40. The first kappa shape index (κ1) is 99.6. The number of hydrogen-bond donors (Lipinski definition) is 1. The van der Waals surface area contributed by atoms with E-state index in [1.54, 1.807) is 0 Å². The van der Waals surface area contributed by atoms with Crippen LogP contribution in [0.3, 0.4) is 0 Å². The third-order valence-electron chi connectivity index (χ3n) is 18.6. The van der Waals surface area contributed by atoms with E-state index in [4.69, 9.17) is 18.5 Å². The van der Waals surface area contributed by atoms with Crippen molar-refractivity contribution >= 4 is 19.8 Å². The summed E-state index contributed by atoms with van der Waals surface area (Å²) in [5.74, 6) is -0.786. The summed E-state index contributed by atoms with van der Waals surface area (Å²) >= 11 is 0. The summed E-state index contributed by atoms with van der Waals surface area (Å²) < 4.78 is 34.9. The molecule has 2 unspecified atom stereocenters. The summed E-state index contributed by atoms with van der Waals surface area (Å²) in [5.41, 5.74) is 0. The van der Waals surface area contributed by atoms with Gasteiger partial charge in [-0.2, -0.15) is 0 Å². The molecule has 10 heteroatoms. The van der Waals surface area contributed by atoms with E-state index in [0.717, 1.165) is 122 Å². The molecule has 0 spiro atoms. The lowest BCUT2D eigenvalue weighted by molar-refractivity contribution is -0.870. The summed E-state index contributed by atoms with van der Waals surface area (Å²) in [6.07, 6.45) is 124. The Morgan fingerprint density at radius 2 is 0.519 bits per heavy atom. The molecule has 0 radical (unpaired) electrons. The summed E-state index contributed by atoms with van der Waals surface area (Å²) in [4.78, 5) is 36.1. The highest BCUT2D eigenvalue weighted by molar-refractivity contribution is 7.47. The second-order valence-electron chi connectivity index (χ2n) is 29.8. The monoisotopic (exact) mass is 1470 g/mol. The van der Waals surface area contributed by atoms with Gasteiger partial charge in [-0.05, 0) is 122 Å². The predicted molar refractivity (Wildman–Crippen MR) is 454 cm³/mol. The minimum Gasteiger partial charge on any atom is -0.462 e. The second-order valence-corrected chi connectivity index (χ2v) is 31.3. The van der Waals surface area contributed by atoms with Crippen LogP contribution in [-0.4, -0.2) is 74.9 Å². The number of phosphoric acid groups is 1. The van der Waals surface area contributed by atoms with E-state index in [2.05, 4.69) is 172 Å². The van der Waals surface area contributed by atoms with Crippen molar-refractivity contribution < 1.29 is 42.1 Å². The molecule has 596 valence electrons. The molecule has 104 heavy (non-hydrogen) atoms. The highest BCUT2D eigenvalue weighted by atomic mass is 31.2. The lowest BCUT2D eigenvalue weighted by Gasteiger charge is -2.24. The van der Waals surface area contributed by atoms with Crippen LogP contribution >= 0.6 is 7.82 Å². The van der Waals surface area contributed by atoms with Crippen LogP contribution in [0.5, 0.6) is 0 Å². The number of phosphoric ester groups is 1. The molecule has 0 aromatic carbocycles. The topological polar surface area (TPSA) is 108 Å². The zero-order valence-corrected chi connectivity index (χ0v) is 69.1. The first-order chi connectivity index (χ1) is 51.0. The van der Waals surface area contributed by atoms with Gasteiger partial charge in [0.25, 0.3) is 0 Å². The normalized spacial score (nSPS) is 13.8. The van der Waals surface area contributed by atoms with Crippen molar-refractivity contribution in [3.63, 3.8) is 0 Å². The van der Waals surface area contributed by atoms with Crippen LogP contribution in [0.2, 0.25) is 0 Å². The van der Waals surface area contributed by atoms with Gasteiger partial charge in [-0.1, -0.05) is 397 Å². The molecule has 0 aliphatic rings. The number of likely N-dealkylation sites (N-methyl/N-ethyl adjacent to an activating group) is 1. The Morgan fingerprint density at radius 3 is 0.769 bits per heavy atom. The molecule has 0 saturated carbocycles. The third kappa shape index (κ3) is 86.5. The molecule has 0 saturated heterocycles. The molecule has 0 aromatic rings. The van der Waals surface area contributed by atoms with Gasteiger partial charge >= 0.3 is 19.8 Å². The van der Waals surface area contributed by atoms with E-state index < -0.39 is 26.5 Å². The fourth-order valence-electron chi connectivity index (χ4n) is 12.1. The quantitative estimate of drug-likeness (QED) is 0.0211. The van der Waals surface area contributed by atoms with Crippen molar-refractivity contribution in [2.75, 3.05) is 47.5 Å². The third-order valence-corrected chi connectivity index (χ3v) is 19.5. The average molecular weight is 1470 g/mol. The van der Waals surface area contributed by atoms with Crippen LogP contribution in [-0.2, 0) is 32.7 Å². The van der Waals surface area contributed by atoms with Gasteiger partial charge in [0.15, 0.2) is 6.10 Å². The maximum Gasteiger partial charge on any atom is 0.472 e. The van der Waals surface area contributed by atoms with Gasteiger partial charge in [-0.3, -0.25) is 18.6 Å². The second kappa shape index (κ2) is 82.7. The van der Waals surface area contributed by atoms with Crippen LogP contribution in [0.1, 0.15) is 373 Å². The molecule has 0 heterocycles. The molecule has 0 rings (SSSR count). The van der Waals surface area contributed by atoms with Crippen LogP contribution in [0.15, 0.2) is 158 Å². The number of ether oxygens (including phenoxy) is 2. The molecular formula is C94H163NO8P+. The number of unbranched alkanes of at least 4 members (excludes halogenated alkanes) is 39. The van der Waals surface area contributed by atoms with E-state index in [0.29, 0.717) is 17.4 Å². The predicted octanol–water partition coefficient (Wildman–Crippen LogP) is 29.4. The Hall–Kier alpha value is -4.37. The van der Waals surface area contributed by atoms with E-state index in [1.807, 2.05) is 21.1 Å². The van der Waals surface area contributed by atoms with Crippen LogP contribution in [0.4, 0.5) is 0 Å². The Morgan fingerprint density at radius 1 is 0.298 bits per heavy atom. The number of quaternary nitrogens is 1. The van der Waals surface area contributed by atoms with Crippen LogP contribution in [0.25, 0.3) is 0 Å². The highest BCUT2D eigenvalue weighted by Gasteiger charge is 2.27. The zero-order valence-electron chi connectivity index (χ0n) is 68.2. The molecule has 0 fully saturated rings. The number of allylic oxidation sites excluding steroid dienone is 26. The zero-order chi connectivity index (χ0) is 75.4. The molecule has 9 nitrogen and oxygen atoms in total. The molecule has 0 amide bonds. The number of rotatable bonds is 79. The van der Waals surface area contributed by atoms with E-state index in [9.17, 15) is 19.0 Å². The fourth-order valence-corrected chi connectivity index (χ4v) is 12.8. The Kier molecular flexibility index (Phi) is 79.2. The van der Waals surface area contributed by atoms with Crippen LogP contribution < -0.4 is 0 Å². The fraction of sp³-hybridized carbons (Fsp3) is 0.702. The molecule has 0 aliphatic carbocycles. The van der Waals surface area contributed by atoms with Crippen molar-refractivity contribution in [3.05, 3.63) is 158 Å². The van der Waals surface area contributed by atoms with Crippen LogP contribution in [0, 0.1) is 0 Å². The lowest BCUT2D eigenvalue weighted by Crippen LogP contribution is -2.37. The molecule has 0 bridgehead atoms. The van der Waals surface area contributed by atoms with Gasteiger partial charge in [0.2, 0.25) is 0 Å². The van der Waals surface area contributed by atoms with E-state index in [-0.39, 0.29) is 32.0 Å². The highest BCUT2D eigenvalue weighted by Crippen LogP contribution is 2.43. The number of esters is 2. The Bertz CT molecular complexity index is 2320. The average Bonchev–Trinajstić information content (AvgIpc) is 0.920. The summed E-state index contributed by atoms with van der Waals surface area (Å²) in [7, 11) is 1.48. The first-order valence-electron chi connectivity index (χ1n) is 43.2. The van der Waals surface area contributed by atoms with Gasteiger partial charge in [0.05, 0.1) is 27.7 Å². The number of hydrogen-bond acceptors (Lipinski definition) is 7. The smallest absolute Gasteiger partial charge is 0.462 e. The molecule has 0 aromatic heterocycles. The maximum atomic E-state index is 12.9. The summed E-state index contributed by atoms with van der Waals surface area (Å²) in [6.45, 7) is 4.24. The van der Waals surface area contributed by atoms with Gasteiger partial charge in [0, 0.05) is 12.8 Å². The van der Waals surface area contributed by atoms with Crippen molar-refractivity contribution in [2.45, 2.75) is 380 Å². The van der Waals surface area contributed by atoms with Gasteiger partial charge in [-0.25, -0.2) is 4.57 Å². The summed E-state index contributed by atoms with van der Waals surface area (Å²) in [5, 5.41) is 0. The van der Waals surface area contributed by atoms with Gasteiger partial charge in [0.1, 0.15) is 19.8 Å². The van der Waals surface area contributed by atoms with Crippen molar-refractivity contribution in [1.29, 1.82) is 0 Å². The van der Waals surface area contributed by atoms with E-state index in [1.165, 1.54) is 218 Å².